The minimum absolute atomic E-state index is 0.623. The van der Waals surface area contributed by atoms with Crippen molar-refractivity contribution >= 4 is 21.6 Å². The first-order valence-corrected chi connectivity index (χ1v) is 8.74. The molecule has 0 amide bonds. The maximum Gasteiger partial charge on any atom is 0.301 e. The summed E-state index contributed by atoms with van der Waals surface area (Å²) in [5, 5.41) is 3.31. The third-order valence-corrected chi connectivity index (χ3v) is 5.49. The molecule has 0 atom stereocenters. The van der Waals surface area contributed by atoms with E-state index >= 15 is 0 Å². The van der Waals surface area contributed by atoms with Gasteiger partial charge in [-0.1, -0.05) is 18.6 Å². The zero-order chi connectivity index (χ0) is 14.0. The maximum atomic E-state index is 12.4. The van der Waals surface area contributed by atoms with E-state index in [-0.39, 0.29) is 0 Å². The number of piperidine rings is 1. The minimum atomic E-state index is -3.43. The average Bonchev–Trinajstić information content (AvgIpc) is 2.48. The minimum Gasteiger partial charge on any atom is -0.383 e. The van der Waals surface area contributed by atoms with Crippen molar-refractivity contribution < 1.29 is 8.42 Å². The van der Waals surface area contributed by atoms with Crippen molar-refractivity contribution in [3.05, 3.63) is 23.8 Å². The zero-order valence-corrected chi connectivity index (χ0v) is 12.4. The highest BCUT2D eigenvalue weighted by Gasteiger charge is 2.25. The lowest BCUT2D eigenvalue weighted by atomic mass is 10.0. The summed E-state index contributed by atoms with van der Waals surface area (Å²) in [6.07, 6.45) is 5.11. The van der Waals surface area contributed by atoms with Crippen molar-refractivity contribution in [3.8, 4) is 0 Å². The van der Waals surface area contributed by atoms with Crippen molar-refractivity contribution in [3.63, 3.8) is 0 Å². The second kappa shape index (κ2) is 5.61. The van der Waals surface area contributed by atoms with Crippen LogP contribution in [0.2, 0.25) is 0 Å². The molecule has 1 aromatic carbocycles. The molecule has 6 heteroatoms. The van der Waals surface area contributed by atoms with E-state index in [9.17, 15) is 8.42 Å². The molecule has 0 saturated carbocycles. The molecule has 5 nitrogen and oxygen atoms in total. The lowest BCUT2D eigenvalue weighted by Gasteiger charge is -2.28. The lowest BCUT2D eigenvalue weighted by molar-refractivity contribution is 0.349. The highest BCUT2D eigenvalue weighted by atomic mass is 32.2. The number of nitrogens with one attached hydrogen (secondary N) is 2. The Hall–Kier alpha value is -1.27. The predicted molar refractivity (Wildman–Crippen MR) is 81.2 cm³/mol. The molecule has 1 fully saturated rings. The maximum absolute atomic E-state index is 12.4. The monoisotopic (exact) mass is 295 g/mol. The van der Waals surface area contributed by atoms with Gasteiger partial charge in [0.05, 0.1) is 11.4 Å². The molecule has 20 heavy (non-hydrogen) atoms. The summed E-state index contributed by atoms with van der Waals surface area (Å²) in [7, 11) is -3.43. The van der Waals surface area contributed by atoms with E-state index in [1.807, 2.05) is 12.1 Å². The Morgan fingerprint density at radius 3 is 2.70 bits per heavy atom. The number of hydrogen-bond acceptors (Lipinski definition) is 3. The molecule has 110 valence electrons. The van der Waals surface area contributed by atoms with E-state index in [0.717, 1.165) is 44.3 Å². The van der Waals surface area contributed by atoms with Crippen LogP contribution in [-0.4, -0.2) is 32.4 Å². The van der Waals surface area contributed by atoms with Gasteiger partial charge >= 0.3 is 10.2 Å². The van der Waals surface area contributed by atoms with Gasteiger partial charge in [-0.2, -0.15) is 12.7 Å². The quantitative estimate of drug-likeness (QED) is 0.898. The van der Waals surface area contributed by atoms with Crippen molar-refractivity contribution in [1.29, 1.82) is 0 Å². The Balaban J connectivity index is 1.83. The molecule has 0 radical (unpaired) electrons. The first kappa shape index (κ1) is 13.7. The Labute approximate surface area is 120 Å². The van der Waals surface area contributed by atoms with E-state index in [1.165, 1.54) is 5.56 Å². The van der Waals surface area contributed by atoms with Gasteiger partial charge in [-0.15, -0.1) is 0 Å². The number of anilines is 2. The van der Waals surface area contributed by atoms with E-state index in [4.69, 9.17) is 0 Å². The van der Waals surface area contributed by atoms with Gasteiger partial charge in [0.25, 0.3) is 0 Å². The molecular weight excluding hydrogens is 274 g/mol. The number of hydrogen-bond donors (Lipinski definition) is 2. The molecule has 1 aromatic rings. The molecule has 0 aliphatic carbocycles. The zero-order valence-electron chi connectivity index (χ0n) is 11.6. The predicted octanol–water partition coefficient (Wildman–Crippen LogP) is 2.19. The van der Waals surface area contributed by atoms with E-state index < -0.39 is 10.2 Å². The normalized spacial score (nSPS) is 20.0. The summed E-state index contributed by atoms with van der Waals surface area (Å²) in [5.41, 5.74) is 2.81. The number of benzene rings is 1. The largest absolute Gasteiger partial charge is 0.383 e. The summed E-state index contributed by atoms with van der Waals surface area (Å²) in [6.45, 7) is 2.14. The molecule has 2 heterocycles. The fraction of sp³-hybridized carbons (Fsp3) is 0.571. The average molecular weight is 295 g/mol. The first-order chi connectivity index (χ1) is 9.67. The summed E-state index contributed by atoms with van der Waals surface area (Å²) < 4.78 is 29.2. The summed E-state index contributed by atoms with van der Waals surface area (Å²) in [4.78, 5) is 0. The van der Waals surface area contributed by atoms with Crippen molar-refractivity contribution in [1.82, 2.24) is 4.31 Å². The van der Waals surface area contributed by atoms with E-state index in [0.29, 0.717) is 18.8 Å². The van der Waals surface area contributed by atoms with Crippen molar-refractivity contribution in [2.45, 2.75) is 32.1 Å². The Morgan fingerprint density at radius 2 is 1.90 bits per heavy atom. The van der Waals surface area contributed by atoms with Crippen LogP contribution >= 0.6 is 0 Å². The molecule has 2 aliphatic rings. The van der Waals surface area contributed by atoms with Crippen LogP contribution in [0.4, 0.5) is 11.4 Å². The van der Waals surface area contributed by atoms with Crippen LogP contribution < -0.4 is 10.0 Å². The molecule has 3 rings (SSSR count). The summed E-state index contributed by atoms with van der Waals surface area (Å²) in [6, 6.07) is 5.80. The van der Waals surface area contributed by atoms with Gasteiger partial charge in [-0.25, -0.2) is 0 Å². The van der Waals surface area contributed by atoms with Crippen LogP contribution in [0.5, 0.6) is 0 Å². The lowest BCUT2D eigenvalue weighted by Crippen LogP contribution is -2.39. The van der Waals surface area contributed by atoms with Crippen LogP contribution in [0, 0.1) is 0 Å². The van der Waals surface area contributed by atoms with E-state index in [1.54, 1.807) is 4.31 Å². The fourth-order valence-corrected chi connectivity index (χ4v) is 4.22. The van der Waals surface area contributed by atoms with Crippen molar-refractivity contribution in [2.75, 3.05) is 29.7 Å². The van der Waals surface area contributed by atoms with Crippen LogP contribution in [0.25, 0.3) is 0 Å². The number of nitrogens with zero attached hydrogens (tertiary/aromatic N) is 1. The number of fused-ring (bicyclic) bond motifs is 1. The highest BCUT2D eigenvalue weighted by molar-refractivity contribution is 7.90. The van der Waals surface area contributed by atoms with Gasteiger partial charge in [0.1, 0.15) is 0 Å². The fourth-order valence-electron chi connectivity index (χ4n) is 2.90. The van der Waals surface area contributed by atoms with Crippen LogP contribution in [-0.2, 0) is 16.6 Å². The third-order valence-electron chi connectivity index (χ3n) is 3.97. The topological polar surface area (TPSA) is 61.4 Å². The molecule has 0 aromatic heterocycles. The highest BCUT2D eigenvalue weighted by Crippen LogP contribution is 2.31. The molecule has 1 saturated heterocycles. The van der Waals surface area contributed by atoms with Gasteiger partial charge < -0.3 is 5.32 Å². The standard InChI is InChI=1S/C14H21N3O2S/c18-20(19,17-10-2-1-3-11-17)16-13-8-4-6-12-7-5-9-15-14(12)13/h4,6,8,15-16H,1-3,5,7,9-11H2. The Kier molecular flexibility index (Phi) is 3.85. The Bertz CT molecular complexity index is 580. The van der Waals surface area contributed by atoms with Gasteiger partial charge in [0.2, 0.25) is 0 Å². The van der Waals surface area contributed by atoms with E-state index in [2.05, 4.69) is 16.1 Å². The summed E-state index contributed by atoms with van der Waals surface area (Å²) >= 11 is 0. The van der Waals surface area contributed by atoms with Gasteiger partial charge in [-0.3, -0.25) is 4.72 Å². The number of aryl methyl sites for hydroxylation is 1. The second-order valence-electron chi connectivity index (χ2n) is 5.44. The molecule has 2 N–H and O–H groups in total. The van der Waals surface area contributed by atoms with Crippen LogP contribution in [0.15, 0.2) is 18.2 Å². The number of rotatable bonds is 3. The Morgan fingerprint density at radius 1 is 1.10 bits per heavy atom. The summed E-state index contributed by atoms with van der Waals surface area (Å²) in [5.74, 6) is 0. The van der Waals surface area contributed by atoms with Gasteiger partial charge in [-0.05, 0) is 37.3 Å². The molecule has 0 spiro atoms. The SMILES string of the molecule is O=S(=O)(Nc1cccc2c1NCCC2)N1CCCCC1. The smallest absolute Gasteiger partial charge is 0.301 e. The molecule has 2 aliphatic heterocycles. The van der Waals surface area contributed by atoms with Crippen LogP contribution in [0.1, 0.15) is 31.2 Å². The molecule has 0 bridgehead atoms. The number of para-hydroxylation sites is 1. The second-order valence-corrected chi connectivity index (χ2v) is 7.11. The molecule has 0 unspecified atom stereocenters. The van der Waals surface area contributed by atoms with Crippen LogP contribution in [0.3, 0.4) is 0 Å². The van der Waals surface area contributed by atoms with Gasteiger partial charge in [0.15, 0.2) is 0 Å². The molecular formula is C14H21N3O2S. The third kappa shape index (κ3) is 2.76. The first-order valence-electron chi connectivity index (χ1n) is 7.30. The van der Waals surface area contributed by atoms with Gasteiger partial charge in [0, 0.05) is 19.6 Å². The van der Waals surface area contributed by atoms with Crippen molar-refractivity contribution in [2.24, 2.45) is 0 Å².